The summed E-state index contributed by atoms with van der Waals surface area (Å²) in [5.41, 5.74) is 1.50. The van der Waals surface area contributed by atoms with E-state index in [1.54, 1.807) is 44.5 Å². The highest BCUT2D eigenvalue weighted by atomic mass is 16.6. The van der Waals surface area contributed by atoms with E-state index in [1.807, 2.05) is 19.9 Å². The Bertz CT molecular complexity index is 879. The van der Waals surface area contributed by atoms with Crippen molar-refractivity contribution >= 4 is 17.7 Å². The van der Waals surface area contributed by atoms with Crippen LogP contribution < -0.4 is 9.47 Å². The molecule has 28 heavy (non-hydrogen) atoms. The molecule has 0 N–H and O–H groups in total. The van der Waals surface area contributed by atoms with Crippen molar-refractivity contribution in [1.82, 2.24) is 4.90 Å². The predicted molar refractivity (Wildman–Crippen MR) is 107 cm³/mol. The fraction of sp³-hybridized carbons (Fsp3) is 0.286. The second-order valence-electron chi connectivity index (χ2n) is 6.15. The first-order chi connectivity index (χ1) is 13.4. The summed E-state index contributed by atoms with van der Waals surface area (Å²) in [7, 11) is 3.23. The zero-order valence-electron chi connectivity index (χ0n) is 16.4. The van der Waals surface area contributed by atoms with Gasteiger partial charge in [0.1, 0.15) is 0 Å². The summed E-state index contributed by atoms with van der Waals surface area (Å²) in [4.78, 5) is 24.6. The lowest BCUT2D eigenvalue weighted by atomic mass is 10.1. The van der Waals surface area contributed by atoms with Crippen LogP contribution in [0.3, 0.4) is 0 Å². The minimum atomic E-state index is -0.447. The van der Waals surface area contributed by atoms with Crippen molar-refractivity contribution in [3.05, 3.63) is 69.8 Å². The molecule has 7 heteroatoms. The number of rotatable bonds is 8. The summed E-state index contributed by atoms with van der Waals surface area (Å²) in [5, 5.41) is 11.0. The molecule has 0 unspecified atom stereocenters. The van der Waals surface area contributed by atoms with Crippen molar-refractivity contribution in [3.8, 4) is 11.5 Å². The molecule has 0 aliphatic heterocycles. The lowest BCUT2D eigenvalue weighted by Crippen LogP contribution is -2.28. The number of ether oxygens (including phenoxy) is 2. The fourth-order valence-electron chi connectivity index (χ4n) is 2.66. The second kappa shape index (κ2) is 9.55. The van der Waals surface area contributed by atoms with Gasteiger partial charge >= 0.3 is 0 Å². The molecule has 0 bridgehead atoms. The SMILES string of the molecule is CCOc1cc(/C=C/C(=O)N(C)[C@@H](C)c2cccc([N+](=O)[O-])c2)ccc1OC. The smallest absolute Gasteiger partial charge is 0.269 e. The summed E-state index contributed by atoms with van der Waals surface area (Å²) in [6, 6.07) is 11.4. The van der Waals surface area contributed by atoms with Crippen LogP contribution in [0.2, 0.25) is 0 Å². The zero-order valence-corrected chi connectivity index (χ0v) is 16.4. The Labute approximate surface area is 164 Å². The molecule has 7 nitrogen and oxygen atoms in total. The maximum atomic E-state index is 12.5. The first kappa shape index (κ1) is 21.0. The van der Waals surface area contributed by atoms with Gasteiger partial charge in [0.05, 0.1) is 24.7 Å². The van der Waals surface area contributed by atoms with Gasteiger partial charge < -0.3 is 14.4 Å². The number of non-ortho nitro benzene ring substituents is 1. The Balaban J connectivity index is 2.14. The molecule has 0 aromatic heterocycles. The topological polar surface area (TPSA) is 81.9 Å². The van der Waals surface area contributed by atoms with Gasteiger partial charge in [-0.25, -0.2) is 0 Å². The van der Waals surface area contributed by atoms with E-state index in [0.29, 0.717) is 23.7 Å². The van der Waals surface area contributed by atoms with Crippen LogP contribution in [0.5, 0.6) is 11.5 Å². The van der Waals surface area contributed by atoms with E-state index in [0.717, 1.165) is 5.56 Å². The van der Waals surface area contributed by atoms with Crippen molar-refractivity contribution in [2.45, 2.75) is 19.9 Å². The van der Waals surface area contributed by atoms with Crippen molar-refractivity contribution < 1.29 is 19.2 Å². The van der Waals surface area contributed by atoms with E-state index in [2.05, 4.69) is 0 Å². The monoisotopic (exact) mass is 384 g/mol. The van der Waals surface area contributed by atoms with Crippen molar-refractivity contribution in [3.63, 3.8) is 0 Å². The summed E-state index contributed by atoms with van der Waals surface area (Å²) < 4.78 is 10.8. The van der Waals surface area contributed by atoms with Crippen LogP contribution in [0.4, 0.5) is 5.69 Å². The third kappa shape index (κ3) is 5.09. The Hall–Kier alpha value is -3.35. The normalized spacial score (nSPS) is 11.9. The molecule has 2 aromatic carbocycles. The van der Waals surface area contributed by atoms with Crippen LogP contribution in [0.25, 0.3) is 6.08 Å². The van der Waals surface area contributed by atoms with E-state index in [9.17, 15) is 14.9 Å². The third-order valence-electron chi connectivity index (χ3n) is 4.40. The Morgan fingerprint density at radius 3 is 2.64 bits per heavy atom. The number of nitrogens with zero attached hydrogens (tertiary/aromatic N) is 2. The standard InChI is InChI=1S/C21H24N2O5/c1-5-28-20-13-16(9-11-19(20)27-4)10-12-21(24)22(3)15(2)17-7-6-8-18(14-17)23(25)26/h6-15H,5H2,1-4H3/b12-10+/t15-/m0/s1. The van der Waals surface area contributed by atoms with E-state index >= 15 is 0 Å². The molecule has 2 aromatic rings. The van der Waals surface area contributed by atoms with Crippen LogP contribution in [0, 0.1) is 10.1 Å². The number of amides is 1. The Morgan fingerprint density at radius 1 is 1.25 bits per heavy atom. The summed E-state index contributed by atoms with van der Waals surface area (Å²) in [5.74, 6) is 1.02. The van der Waals surface area contributed by atoms with Gasteiger partial charge in [-0.3, -0.25) is 14.9 Å². The number of methoxy groups -OCH3 is 1. The van der Waals surface area contributed by atoms with E-state index < -0.39 is 4.92 Å². The molecule has 1 amide bonds. The highest BCUT2D eigenvalue weighted by molar-refractivity contribution is 5.92. The molecule has 0 aliphatic carbocycles. The first-order valence-corrected chi connectivity index (χ1v) is 8.87. The van der Waals surface area contributed by atoms with Crippen LogP contribution in [-0.4, -0.2) is 36.5 Å². The highest BCUT2D eigenvalue weighted by Gasteiger charge is 2.17. The number of carbonyl (C=O) groups is 1. The molecule has 0 spiro atoms. The third-order valence-corrected chi connectivity index (χ3v) is 4.40. The van der Waals surface area contributed by atoms with Crippen LogP contribution in [-0.2, 0) is 4.79 Å². The van der Waals surface area contributed by atoms with Gasteiger partial charge in [0.2, 0.25) is 5.91 Å². The minimum Gasteiger partial charge on any atom is -0.493 e. The number of hydrogen-bond acceptors (Lipinski definition) is 5. The van der Waals surface area contributed by atoms with Crippen molar-refractivity contribution in [2.24, 2.45) is 0 Å². The van der Waals surface area contributed by atoms with Gasteiger partial charge in [-0.15, -0.1) is 0 Å². The average Bonchev–Trinajstić information content (AvgIpc) is 2.71. The number of likely N-dealkylation sites (N-methyl/N-ethyl adjacent to an activating group) is 1. The van der Waals surface area contributed by atoms with Gasteiger partial charge in [-0.05, 0) is 43.2 Å². The lowest BCUT2D eigenvalue weighted by Gasteiger charge is -2.24. The summed E-state index contributed by atoms with van der Waals surface area (Å²) >= 11 is 0. The zero-order chi connectivity index (χ0) is 20.7. The van der Waals surface area contributed by atoms with Gasteiger partial charge in [0.15, 0.2) is 11.5 Å². The Morgan fingerprint density at radius 2 is 2.00 bits per heavy atom. The maximum Gasteiger partial charge on any atom is 0.269 e. The Kier molecular flexibility index (Phi) is 7.14. The number of nitro benzene ring substituents is 1. The molecule has 0 saturated carbocycles. The minimum absolute atomic E-state index is 0.00225. The van der Waals surface area contributed by atoms with E-state index in [4.69, 9.17) is 9.47 Å². The summed E-state index contributed by atoms with van der Waals surface area (Å²) in [6.07, 6.45) is 3.16. The van der Waals surface area contributed by atoms with Gasteiger partial charge in [0.25, 0.3) is 5.69 Å². The number of nitro groups is 1. The number of carbonyl (C=O) groups excluding carboxylic acids is 1. The molecule has 0 aliphatic rings. The molecule has 0 heterocycles. The molecule has 148 valence electrons. The van der Waals surface area contributed by atoms with E-state index in [1.165, 1.54) is 23.1 Å². The van der Waals surface area contributed by atoms with Crippen LogP contribution >= 0.6 is 0 Å². The fourth-order valence-corrected chi connectivity index (χ4v) is 2.66. The first-order valence-electron chi connectivity index (χ1n) is 8.87. The molecular weight excluding hydrogens is 360 g/mol. The van der Waals surface area contributed by atoms with Crippen LogP contribution in [0.15, 0.2) is 48.5 Å². The van der Waals surface area contributed by atoms with Crippen molar-refractivity contribution in [2.75, 3.05) is 20.8 Å². The molecule has 0 fully saturated rings. The molecule has 1 atom stereocenters. The van der Waals surface area contributed by atoms with Crippen molar-refractivity contribution in [1.29, 1.82) is 0 Å². The average molecular weight is 384 g/mol. The largest absolute Gasteiger partial charge is 0.493 e. The quantitative estimate of drug-likeness (QED) is 0.386. The molecular formula is C21H24N2O5. The molecule has 2 rings (SSSR count). The maximum absolute atomic E-state index is 12.5. The highest BCUT2D eigenvalue weighted by Crippen LogP contribution is 2.29. The number of hydrogen-bond donors (Lipinski definition) is 0. The van der Waals surface area contributed by atoms with E-state index in [-0.39, 0.29) is 17.6 Å². The van der Waals surface area contributed by atoms with Gasteiger partial charge in [0, 0.05) is 25.3 Å². The molecule has 0 radical (unpaired) electrons. The molecule has 0 saturated heterocycles. The van der Waals surface area contributed by atoms with Crippen LogP contribution in [0.1, 0.15) is 31.0 Å². The number of benzene rings is 2. The predicted octanol–water partition coefficient (Wildman–Crippen LogP) is 4.23. The van der Waals surface area contributed by atoms with Gasteiger partial charge in [-0.2, -0.15) is 0 Å². The lowest BCUT2D eigenvalue weighted by molar-refractivity contribution is -0.384. The summed E-state index contributed by atoms with van der Waals surface area (Å²) in [6.45, 7) is 4.22. The van der Waals surface area contributed by atoms with Gasteiger partial charge in [-0.1, -0.05) is 18.2 Å². The second-order valence-corrected chi connectivity index (χ2v) is 6.15.